The molecule has 216 valence electrons. The molecule has 4 aromatic rings. The molecule has 0 unspecified atom stereocenters. The second-order valence-electron chi connectivity index (χ2n) is 9.71. The zero-order valence-electron chi connectivity index (χ0n) is 22.8. The van der Waals surface area contributed by atoms with Gasteiger partial charge in [0, 0.05) is 18.1 Å². The van der Waals surface area contributed by atoms with Gasteiger partial charge in [0.15, 0.2) is 16.9 Å². The Morgan fingerprint density at radius 3 is 2.55 bits per heavy atom. The predicted octanol–water partition coefficient (Wildman–Crippen LogP) is 4.94. The Morgan fingerprint density at radius 1 is 0.929 bits per heavy atom. The van der Waals surface area contributed by atoms with E-state index >= 15 is 0 Å². The van der Waals surface area contributed by atoms with E-state index < -0.39 is 0 Å². The number of nitrogens with zero attached hydrogens (tertiary/aromatic N) is 2. The molecule has 10 heteroatoms. The van der Waals surface area contributed by atoms with Crippen molar-refractivity contribution in [2.45, 2.75) is 19.7 Å². The summed E-state index contributed by atoms with van der Waals surface area (Å²) < 4.78 is 22.2. The molecule has 3 aromatic carbocycles. The molecule has 1 aliphatic heterocycles. The standard InChI is InChI=1S/C32H29ClN2O7/c1-2-12-34(31(37)20-39-18-22-6-4-3-5-7-22)17-30(36)35(15-23-8-10-28-29(13-23)42-21-41-28)16-24-19-40-27-11-9-25(33)14-26(27)32(24)38/h2-11,13-14,19H,1,12,15-18,20-21H2. The van der Waals surface area contributed by atoms with Crippen LogP contribution in [0.1, 0.15) is 16.7 Å². The van der Waals surface area contributed by atoms with Crippen molar-refractivity contribution < 1.29 is 28.2 Å². The highest BCUT2D eigenvalue weighted by Crippen LogP contribution is 2.33. The smallest absolute Gasteiger partial charge is 0.249 e. The summed E-state index contributed by atoms with van der Waals surface area (Å²) in [5.41, 5.74) is 2.05. The van der Waals surface area contributed by atoms with E-state index in [-0.39, 0.29) is 69.0 Å². The summed E-state index contributed by atoms with van der Waals surface area (Å²) in [5.74, 6) is 0.444. The minimum absolute atomic E-state index is 0.0569. The SMILES string of the molecule is C=CCN(CC(=O)N(Cc1ccc2c(c1)OCO2)Cc1coc2ccc(Cl)cc2c1=O)C(=O)COCc1ccccc1. The van der Waals surface area contributed by atoms with E-state index in [2.05, 4.69) is 6.58 Å². The van der Waals surface area contributed by atoms with Gasteiger partial charge in [-0.1, -0.05) is 54.1 Å². The molecule has 42 heavy (non-hydrogen) atoms. The maximum Gasteiger partial charge on any atom is 0.249 e. The van der Waals surface area contributed by atoms with E-state index in [1.165, 1.54) is 22.1 Å². The number of hydrogen-bond acceptors (Lipinski definition) is 7. The Labute approximate surface area is 247 Å². The van der Waals surface area contributed by atoms with E-state index in [1.54, 1.807) is 30.3 Å². The molecular formula is C32H29ClN2O7. The number of carbonyl (C=O) groups excluding carboxylic acids is 2. The Kier molecular flexibility index (Phi) is 9.21. The summed E-state index contributed by atoms with van der Waals surface area (Å²) in [5, 5.41) is 0.711. The van der Waals surface area contributed by atoms with Crippen molar-refractivity contribution in [1.82, 2.24) is 9.80 Å². The summed E-state index contributed by atoms with van der Waals surface area (Å²) >= 11 is 6.12. The van der Waals surface area contributed by atoms with Crippen molar-refractivity contribution in [2.75, 3.05) is 26.5 Å². The molecule has 0 radical (unpaired) electrons. The lowest BCUT2D eigenvalue weighted by Gasteiger charge is -2.27. The van der Waals surface area contributed by atoms with Crippen LogP contribution in [0.4, 0.5) is 0 Å². The summed E-state index contributed by atoms with van der Waals surface area (Å²) in [6.45, 7) is 3.90. The molecule has 0 saturated carbocycles. The number of carbonyl (C=O) groups is 2. The Balaban J connectivity index is 1.35. The zero-order chi connectivity index (χ0) is 29.5. The highest BCUT2D eigenvalue weighted by atomic mass is 35.5. The highest BCUT2D eigenvalue weighted by Gasteiger charge is 2.24. The molecule has 0 fully saturated rings. The molecule has 1 aromatic heterocycles. The molecule has 0 aliphatic carbocycles. The van der Waals surface area contributed by atoms with Crippen molar-refractivity contribution in [3.63, 3.8) is 0 Å². The molecule has 1 aliphatic rings. The average molecular weight is 589 g/mol. The van der Waals surface area contributed by atoms with Crippen molar-refractivity contribution in [1.29, 1.82) is 0 Å². The number of hydrogen-bond donors (Lipinski definition) is 0. The maximum atomic E-state index is 13.7. The van der Waals surface area contributed by atoms with Gasteiger partial charge in [-0.25, -0.2) is 0 Å². The lowest BCUT2D eigenvalue weighted by Crippen LogP contribution is -2.44. The summed E-state index contributed by atoms with van der Waals surface area (Å²) in [7, 11) is 0. The fourth-order valence-electron chi connectivity index (χ4n) is 4.55. The minimum atomic E-state index is -0.378. The first-order valence-corrected chi connectivity index (χ1v) is 13.7. The third-order valence-corrected chi connectivity index (χ3v) is 6.93. The number of benzene rings is 3. The van der Waals surface area contributed by atoms with Crippen molar-refractivity contribution >= 4 is 34.4 Å². The number of fused-ring (bicyclic) bond motifs is 2. The summed E-state index contributed by atoms with van der Waals surface area (Å²) in [6, 6.07) is 19.7. The first kappa shape index (κ1) is 28.9. The third kappa shape index (κ3) is 6.99. The second-order valence-corrected chi connectivity index (χ2v) is 10.1. The first-order valence-electron chi connectivity index (χ1n) is 13.3. The Hall–Kier alpha value is -4.60. The van der Waals surface area contributed by atoms with Crippen LogP contribution in [0.2, 0.25) is 5.02 Å². The van der Waals surface area contributed by atoms with E-state index in [4.69, 9.17) is 30.2 Å². The van der Waals surface area contributed by atoms with Crippen LogP contribution in [0.5, 0.6) is 11.5 Å². The van der Waals surface area contributed by atoms with Crippen LogP contribution >= 0.6 is 11.6 Å². The molecular weight excluding hydrogens is 560 g/mol. The maximum absolute atomic E-state index is 13.7. The van der Waals surface area contributed by atoms with E-state index in [0.29, 0.717) is 27.5 Å². The zero-order valence-corrected chi connectivity index (χ0v) is 23.5. The second kappa shape index (κ2) is 13.4. The molecule has 0 N–H and O–H groups in total. The van der Waals surface area contributed by atoms with Crippen LogP contribution in [0, 0.1) is 0 Å². The Morgan fingerprint density at radius 2 is 1.74 bits per heavy atom. The Bertz CT molecular complexity index is 1650. The van der Waals surface area contributed by atoms with Crippen molar-refractivity contribution in [3.8, 4) is 11.5 Å². The van der Waals surface area contributed by atoms with Gasteiger partial charge in [0.1, 0.15) is 18.7 Å². The topological polar surface area (TPSA) is 98.5 Å². The lowest BCUT2D eigenvalue weighted by molar-refractivity contribution is -0.143. The van der Waals surface area contributed by atoms with Crippen LogP contribution in [0.15, 0.2) is 94.9 Å². The van der Waals surface area contributed by atoms with Gasteiger partial charge in [0.25, 0.3) is 0 Å². The fourth-order valence-corrected chi connectivity index (χ4v) is 4.72. The van der Waals surface area contributed by atoms with E-state index in [9.17, 15) is 14.4 Å². The van der Waals surface area contributed by atoms with Crippen LogP contribution in [0.25, 0.3) is 11.0 Å². The van der Waals surface area contributed by atoms with E-state index in [0.717, 1.165) is 11.1 Å². The minimum Gasteiger partial charge on any atom is -0.464 e. The van der Waals surface area contributed by atoms with Crippen LogP contribution in [-0.2, 0) is 34.0 Å². The monoisotopic (exact) mass is 588 g/mol. The molecule has 0 spiro atoms. The first-order chi connectivity index (χ1) is 20.4. The fraction of sp³-hybridized carbons (Fsp3) is 0.219. The van der Waals surface area contributed by atoms with Gasteiger partial charge in [-0.15, -0.1) is 6.58 Å². The third-order valence-electron chi connectivity index (χ3n) is 6.70. The summed E-state index contributed by atoms with van der Waals surface area (Å²) in [6.07, 6.45) is 2.90. The van der Waals surface area contributed by atoms with Gasteiger partial charge in [-0.3, -0.25) is 14.4 Å². The van der Waals surface area contributed by atoms with Gasteiger partial charge < -0.3 is 28.4 Å². The normalized spacial score (nSPS) is 11.8. The van der Waals surface area contributed by atoms with E-state index in [1.807, 2.05) is 36.4 Å². The summed E-state index contributed by atoms with van der Waals surface area (Å²) in [4.78, 5) is 43.0. The molecule has 0 bridgehead atoms. The molecule has 9 nitrogen and oxygen atoms in total. The predicted molar refractivity (Wildman–Crippen MR) is 157 cm³/mol. The van der Waals surface area contributed by atoms with Gasteiger partial charge in [-0.05, 0) is 41.5 Å². The lowest BCUT2D eigenvalue weighted by atomic mass is 10.1. The van der Waals surface area contributed by atoms with Gasteiger partial charge in [0.2, 0.25) is 18.6 Å². The number of amides is 2. The van der Waals surface area contributed by atoms with Crippen LogP contribution < -0.4 is 14.9 Å². The quantitative estimate of drug-likeness (QED) is 0.216. The molecule has 0 saturated heterocycles. The molecule has 2 heterocycles. The average Bonchev–Trinajstić information content (AvgIpc) is 3.46. The van der Waals surface area contributed by atoms with Gasteiger partial charge in [0.05, 0.1) is 30.4 Å². The van der Waals surface area contributed by atoms with Gasteiger partial charge in [-0.2, -0.15) is 0 Å². The molecule has 0 atom stereocenters. The number of rotatable bonds is 12. The largest absolute Gasteiger partial charge is 0.464 e. The number of ether oxygens (including phenoxy) is 3. The van der Waals surface area contributed by atoms with Gasteiger partial charge >= 0.3 is 0 Å². The van der Waals surface area contributed by atoms with Crippen molar-refractivity contribution in [3.05, 3.63) is 118 Å². The highest BCUT2D eigenvalue weighted by molar-refractivity contribution is 6.31. The molecule has 5 rings (SSSR count). The number of halogens is 1. The van der Waals surface area contributed by atoms with Crippen molar-refractivity contribution in [2.24, 2.45) is 0 Å². The van der Waals surface area contributed by atoms with Crippen LogP contribution in [0.3, 0.4) is 0 Å². The van der Waals surface area contributed by atoms with Crippen LogP contribution in [-0.4, -0.2) is 48.1 Å². The molecule has 2 amide bonds.